The third-order valence-electron chi connectivity index (χ3n) is 3.02. The van der Waals surface area contributed by atoms with Gasteiger partial charge in [0.2, 0.25) is 5.88 Å². The highest BCUT2D eigenvalue weighted by Gasteiger charge is 2.26. The molecule has 7 heteroatoms. The molecule has 1 atom stereocenters. The summed E-state index contributed by atoms with van der Waals surface area (Å²) >= 11 is 0. The third kappa shape index (κ3) is 2.76. The number of nitrogens with zero attached hydrogens (tertiary/aromatic N) is 4. The van der Waals surface area contributed by atoms with Gasteiger partial charge in [-0.05, 0) is 20.3 Å². The first-order valence-electron chi connectivity index (χ1n) is 6.19. The van der Waals surface area contributed by atoms with Crippen molar-refractivity contribution in [1.29, 1.82) is 0 Å². The molecule has 2 rings (SSSR count). The normalized spacial score (nSPS) is 13.5. The van der Waals surface area contributed by atoms with Crippen LogP contribution in [0.1, 0.15) is 27.2 Å². The number of rotatable bonds is 5. The van der Waals surface area contributed by atoms with E-state index in [4.69, 9.17) is 4.74 Å². The number of fused-ring (bicyclic) bond motifs is 1. The van der Waals surface area contributed by atoms with Gasteiger partial charge in [0, 0.05) is 6.07 Å². The Bertz CT molecular complexity index is 561. The van der Waals surface area contributed by atoms with Gasteiger partial charge < -0.3 is 15.2 Å². The Morgan fingerprint density at radius 1 is 1.53 bits per heavy atom. The molecule has 1 unspecified atom stereocenters. The lowest BCUT2D eigenvalue weighted by atomic mass is 9.97. The number of hydrogen-bond acceptors (Lipinski definition) is 6. The van der Waals surface area contributed by atoms with E-state index in [1.807, 2.05) is 6.92 Å². The summed E-state index contributed by atoms with van der Waals surface area (Å²) in [6.07, 6.45) is 2.20. The fraction of sp³-hybridized carbons (Fsp3) is 0.583. The molecule has 0 fully saturated rings. The maximum atomic E-state index is 10.1. The Morgan fingerprint density at radius 2 is 2.26 bits per heavy atom. The van der Waals surface area contributed by atoms with Gasteiger partial charge in [-0.2, -0.15) is 19.6 Å². The summed E-state index contributed by atoms with van der Waals surface area (Å²) in [6, 6.07) is 1.61. The van der Waals surface area contributed by atoms with Crippen molar-refractivity contribution in [2.45, 2.75) is 38.8 Å². The van der Waals surface area contributed by atoms with E-state index in [9.17, 15) is 5.11 Å². The van der Waals surface area contributed by atoms with Crippen molar-refractivity contribution in [1.82, 2.24) is 19.6 Å². The number of nitrogens with one attached hydrogen (secondary N) is 1. The quantitative estimate of drug-likeness (QED) is 0.842. The predicted molar refractivity (Wildman–Crippen MR) is 71.3 cm³/mol. The van der Waals surface area contributed by atoms with Crippen molar-refractivity contribution in [3.8, 4) is 5.88 Å². The summed E-state index contributed by atoms with van der Waals surface area (Å²) in [5, 5.41) is 17.5. The topological polar surface area (TPSA) is 84.6 Å². The van der Waals surface area contributed by atoms with E-state index in [1.165, 1.54) is 6.33 Å². The zero-order chi connectivity index (χ0) is 14.0. The molecule has 0 spiro atoms. The van der Waals surface area contributed by atoms with Crippen LogP contribution in [0, 0.1) is 0 Å². The van der Waals surface area contributed by atoms with Gasteiger partial charge in [0.1, 0.15) is 12.1 Å². The Morgan fingerprint density at radius 3 is 2.84 bits per heavy atom. The van der Waals surface area contributed by atoms with Crippen LogP contribution in [0.4, 0.5) is 5.82 Å². The highest BCUT2D eigenvalue weighted by molar-refractivity contribution is 5.47. The average Bonchev–Trinajstić information content (AvgIpc) is 2.82. The minimum absolute atomic E-state index is 0.119. The summed E-state index contributed by atoms with van der Waals surface area (Å²) in [7, 11) is 1.55. The van der Waals surface area contributed by atoms with Gasteiger partial charge in [-0.3, -0.25) is 0 Å². The second kappa shape index (κ2) is 5.00. The van der Waals surface area contributed by atoms with Crippen molar-refractivity contribution in [2.24, 2.45) is 0 Å². The molecule has 0 aliphatic carbocycles. The Labute approximate surface area is 111 Å². The highest BCUT2D eigenvalue weighted by atomic mass is 16.5. The van der Waals surface area contributed by atoms with Gasteiger partial charge >= 0.3 is 0 Å². The van der Waals surface area contributed by atoms with Crippen LogP contribution in [-0.2, 0) is 0 Å². The standard InChI is InChI=1S/C12H19N5O2/c1-5-8(12(2,3)18)15-9-6-10(19-4)16-11-13-7-14-17(9)11/h6-8,15,18H,5H2,1-4H3. The van der Waals surface area contributed by atoms with Crippen LogP contribution >= 0.6 is 0 Å². The molecule has 0 aliphatic rings. The molecular weight excluding hydrogens is 246 g/mol. The molecule has 2 aromatic rings. The average molecular weight is 265 g/mol. The zero-order valence-electron chi connectivity index (χ0n) is 11.6. The van der Waals surface area contributed by atoms with E-state index in [2.05, 4.69) is 20.4 Å². The number of ether oxygens (including phenoxy) is 1. The van der Waals surface area contributed by atoms with Crippen molar-refractivity contribution in [3.63, 3.8) is 0 Å². The fourth-order valence-corrected chi connectivity index (χ4v) is 1.95. The lowest BCUT2D eigenvalue weighted by Gasteiger charge is -2.30. The molecule has 0 bridgehead atoms. The first-order chi connectivity index (χ1) is 8.95. The van der Waals surface area contributed by atoms with Gasteiger partial charge in [-0.15, -0.1) is 0 Å². The number of hydrogen-bond donors (Lipinski definition) is 2. The Kier molecular flexibility index (Phi) is 3.57. The summed E-state index contributed by atoms with van der Waals surface area (Å²) in [4.78, 5) is 8.22. The maximum Gasteiger partial charge on any atom is 0.257 e. The van der Waals surface area contributed by atoms with Gasteiger partial charge in [0.05, 0.1) is 18.8 Å². The lowest BCUT2D eigenvalue weighted by molar-refractivity contribution is 0.0577. The smallest absolute Gasteiger partial charge is 0.257 e. The Balaban J connectivity index is 2.40. The van der Waals surface area contributed by atoms with Crippen LogP contribution in [0.2, 0.25) is 0 Å². The second-order valence-electron chi connectivity index (χ2n) is 4.91. The molecule has 104 valence electrons. The van der Waals surface area contributed by atoms with Gasteiger partial charge in [0.25, 0.3) is 5.78 Å². The van der Waals surface area contributed by atoms with E-state index in [0.29, 0.717) is 17.5 Å². The van der Waals surface area contributed by atoms with Crippen molar-refractivity contribution < 1.29 is 9.84 Å². The molecule has 2 aromatic heterocycles. The van der Waals surface area contributed by atoms with E-state index in [-0.39, 0.29) is 6.04 Å². The number of methoxy groups -OCH3 is 1. The summed E-state index contributed by atoms with van der Waals surface area (Å²) < 4.78 is 6.72. The summed E-state index contributed by atoms with van der Waals surface area (Å²) in [5.41, 5.74) is -0.849. The molecule has 7 nitrogen and oxygen atoms in total. The monoisotopic (exact) mass is 265 g/mol. The summed E-state index contributed by atoms with van der Waals surface area (Å²) in [5.74, 6) is 1.59. The second-order valence-corrected chi connectivity index (χ2v) is 4.91. The van der Waals surface area contributed by atoms with E-state index >= 15 is 0 Å². The van der Waals surface area contributed by atoms with Gasteiger partial charge in [-0.1, -0.05) is 6.92 Å². The van der Waals surface area contributed by atoms with E-state index in [1.54, 1.807) is 31.5 Å². The number of anilines is 1. The predicted octanol–water partition coefficient (Wildman–Crippen LogP) is 1.09. The molecular formula is C12H19N5O2. The van der Waals surface area contributed by atoms with Gasteiger partial charge in [0.15, 0.2) is 0 Å². The van der Waals surface area contributed by atoms with Crippen LogP contribution in [0.15, 0.2) is 12.4 Å². The van der Waals surface area contributed by atoms with Crippen LogP contribution in [0.5, 0.6) is 5.88 Å². The molecule has 0 saturated heterocycles. The minimum Gasteiger partial charge on any atom is -0.481 e. The van der Waals surface area contributed by atoms with Gasteiger partial charge in [-0.25, -0.2) is 0 Å². The van der Waals surface area contributed by atoms with E-state index in [0.717, 1.165) is 6.42 Å². The van der Waals surface area contributed by atoms with Crippen molar-refractivity contribution in [2.75, 3.05) is 12.4 Å². The first-order valence-corrected chi connectivity index (χ1v) is 6.19. The molecule has 0 aromatic carbocycles. The molecule has 2 heterocycles. The fourth-order valence-electron chi connectivity index (χ4n) is 1.95. The summed E-state index contributed by atoms with van der Waals surface area (Å²) in [6.45, 7) is 5.54. The molecule has 0 amide bonds. The van der Waals surface area contributed by atoms with Crippen LogP contribution in [0.25, 0.3) is 5.78 Å². The third-order valence-corrected chi connectivity index (χ3v) is 3.02. The Hall–Kier alpha value is -1.89. The first kappa shape index (κ1) is 13.5. The van der Waals surface area contributed by atoms with Crippen LogP contribution in [0.3, 0.4) is 0 Å². The zero-order valence-corrected chi connectivity index (χ0v) is 11.6. The minimum atomic E-state index is -0.849. The molecule has 19 heavy (non-hydrogen) atoms. The molecule has 2 N–H and O–H groups in total. The van der Waals surface area contributed by atoms with Crippen LogP contribution < -0.4 is 10.1 Å². The van der Waals surface area contributed by atoms with Crippen molar-refractivity contribution >= 4 is 11.6 Å². The highest BCUT2D eigenvalue weighted by Crippen LogP contribution is 2.21. The van der Waals surface area contributed by atoms with E-state index < -0.39 is 5.60 Å². The SMILES string of the molecule is CCC(Nc1cc(OC)nc2ncnn12)C(C)(C)O. The molecule has 0 aliphatic heterocycles. The number of aromatic nitrogens is 4. The van der Waals surface area contributed by atoms with Crippen molar-refractivity contribution in [3.05, 3.63) is 12.4 Å². The largest absolute Gasteiger partial charge is 0.481 e. The lowest BCUT2D eigenvalue weighted by Crippen LogP contribution is -2.41. The van der Waals surface area contributed by atoms with Crippen LogP contribution in [-0.4, -0.2) is 43.4 Å². The maximum absolute atomic E-state index is 10.1. The molecule has 0 saturated carbocycles. The molecule has 0 radical (unpaired) electrons. The number of aliphatic hydroxyl groups is 1.